The minimum absolute atomic E-state index is 0.0400. The van der Waals surface area contributed by atoms with E-state index in [4.69, 9.17) is 5.26 Å². The highest BCUT2D eigenvalue weighted by Gasteiger charge is 2.31. The summed E-state index contributed by atoms with van der Waals surface area (Å²) in [7, 11) is 0. The standard InChI is InChI=1S/C13H14FN3O/c1-2-9(5-6-15)16-12-10-4-3-8(14)7-11(10)17-13(12)18/h3-4,7,9,12,16H,2,5H2,1H3,(H,17,18). The monoisotopic (exact) mass is 247 g/mol. The van der Waals surface area contributed by atoms with Crippen LogP contribution < -0.4 is 10.6 Å². The van der Waals surface area contributed by atoms with Crippen LogP contribution in [0.3, 0.4) is 0 Å². The summed E-state index contributed by atoms with van der Waals surface area (Å²) in [5.74, 6) is -0.578. The Hall–Kier alpha value is -1.93. The van der Waals surface area contributed by atoms with Crippen molar-refractivity contribution in [2.75, 3.05) is 5.32 Å². The Bertz CT molecular complexity index is 509. The third kappa shape index (κ3) is 2.34. The Morgan fingerprint density at radius 1 is 1.61 bits per heavy atom. The van der Waals surface area contributed by atoms with Gasteiger partial charge in [-0.15, -0.1) is 0 Å². The van der Waals surface area contributed by atoms with Gasteiger partial charge in [-0.3, -0.25) is 10.1 Å². The van der Waals surface area contributed by atoms with Crippen molar-refractivity contribution in [3.63, 3.8) is 0 Å². The zero-order valence-corrected chi connectivity index (χ0v) is 10.0. The Kier molecular flexibility index (Phi) is 3.58. The Balaban J connectivity index is 2.20. The van der Waals surface area contributed by atoms with Gasteiger partial charge in [0, 0.05) is 17.3 Å². The quantitative estimate of drug-likeness (QED) is 0.856. The molecular weight excluding hydrogens is 233 g/mol. The zero-order chi connectivity index (χ0) is 13.1. The van der Waals surface area contributed by atoms with Crippen LogP contribution in [-0.4, -0.2) is 11.9 Å². The third-order valence-corrected chi connectivity index (χ3v) is 3.08. The van der Waals surface area contributed by atoms with Crippen molar-refractivity contribution in [3.05, 3.63) is 29.6 Å². The first-order valence-electron chi connectivity index (χ1n) is 5.89. The van der Waals surface area contributed by atoms with Crippen molar-refractivity contribution < 1.29 is 9.18 Å². The summed E-state index contributed by atoms with van der Waals surface area (Å²) in [5, 5.41) is 14.5. The van der Waals surface area contributed by atoms with E-state index < -0.39 is 6.04 Å². The number of nitrogens with zero attached hydrogens (tertiary/aromatic N) is 1. The van der Waals surface area contributed by atoms with Gasteiger partial charge in [-0.05, 0) is 18.6 Å². The second kappa shape index (κ2) is 5.15. The topological polar surface area (TPSA) is 64.9 Å². The van der Waals surface area contributed by atoms with Gasteiger partial charge in [0.15, 0.2) is 0 Å². The smallest absolute Gasteiger partial charge is 0.246 e. The summed E-state index contributed by atoms with van der Waals surface area (Å²) < 4.78 is 13.1. The molecule has 0 radical (unpaired) electrons. The number of hydrogen-bond donors (Lipinski definition) is 2. The second-order valence-electron chi connectivity index (χ2n) is 4.29. The normalized spacial score (nSPS) is 18.9. The van der Waals surface area contributed by atoms with Gasteiger partial charge in [0.1, 0.15) is 11.9 Å². The molecule has 2 unspecified atom stereocenters. The minimum Gasteiger partial charge on any atom is -0.324 e. The molecule has 1 aromatic rings. The molecule has 1 amide bonds. The number of fused-ring (bicyclic) bond motifs is 1. The molecule has 0 aromatic heterocycles. The maximum Gasteiger partial charge on any atom is 0.246 e. The summed E-state index contributed by atoms with van der Waals surface area (Å²) >= 11 is 0. The lowest BCUT2D eigenvalue weighted by Crippen LogP contribution is -2.35. The van der Waals surface area contributed by atoms with Crippen molar-refractivity contribution in [1.29, 1.82) is 5.26 Å². The fourth-order valence-electron chi connectivity index (χ4n) is 2.07. The highest BCUT2D eigenvalue weighted by molar-refractivity contribution is 6.02. The number of hydrogen-bond acceptors (Lipinski definition) is 3. The van der Waals surface area contributed by atoms with E-state index in [2.05, 4.69) is 16.7 Å². The molecule has 0 bridgehead atoms. The summed E-state index contributed by atoms with van der Waals surface area (Å²) in [6.07, 6.45) is 1.10. The van der Waals surface area contributed by atoms with Crippen molar-refractivity contribution in [2.45, 2.75) is 31.8 Å². The minimum atomic E-state index is -0.501. The number of benzene rings is 1. The van der Waals surface area contributed by atoms with Gasteiger partial charge in [0.2, 0.25) is 5.91 Å². The number of anilines is 1. The molecule has 1 heterocycles. The molecule has 0 spiro atoms. The molecule has 1 aliphatic rings. The van der Waals surface area contributed by atoms with Crippen LogP contribution >= 0.6 is 0 Å². The number of nitriles is 1. The molecule has 1 aromatic carbocycles. The lowest BCUT2D eigenvalue weighted by Gasteiger charge is -2.18. The van der Waals surface area contributed by atoms with Gasteiger partial charge in [-0.2, -0.15) is 5.26 Å². The van der Waals surface area contributed by atoms with Gasteiger partial charge in [-0.25, -0.2) is 4.39 Å². The highest BCUT2D eigenvalue weighted by atomic mass is 19.1. The Morgan fingerprint density at radius 2 is 2.39 bits per heavy atom. The van der Waals surface area contributed by atoms with Crippen LogP contribution in [0.2, 0.25) is 0 Å². The first kappa shape index (κ1) is 12.5. The molecule has 5 heteroatoms. The van der Waals surface area contributed by atoms with Gasteiger partial charge < -0.3 is 5.32 Å². The highest BCUT2D eigenvalue weighted by Crippen LogP contribution is 2.31. The fraction of sp³-hybridized carbons (Fsp3) is 0.385. The van der Waals surface area contributed by atoms with E-state index in [1.165, 1.54) is 12.1 Å². The largest absolute Gasteiger partial charge is 0.324 e. The van der Waals surface area contributed by atoms with E-state index in [-0.39, 0.29) is 17.8 Å². The van der Waals surface area contributed by atoms with Crippen LogP contribution in [0.1, 0.15) is 31.4 Å². The second-order valence-corrected chi connectivity index (χ2v) is 4.29. The maximum absolute atomic E-state index is 13.1. The number of amides is 1. The summed E-state index contributed by atoms with van der Waals surface area (Å²) in [4.78, 5) is 11.8. The molecule has 1 aliphatic heterocycles. The first-order valence-corrected chi connectivity index (χ1v) is 5.89. The SMILES string of the molecule is CCC(CC#N)NC1C(=O)Nc2cc(F)ccc21. The molecular formula is C13H14FN3O. The summed E-state index contributed by atoms with van der Waals surface area (Å²) in [5.41, 5.74) is 1.24. The van der Waals surface area contributed by atoms with Crippen LogP contribution in [-0.2, 0) is 4.79 Å². The number of carbonyl (C=O) groups is 1. The third-order valence-electron chi connectivity index (χ3n) is 3.08. The fourth-order valence-corrected chi connectivity index (χ4v) is 2.07. The molecule has 2 atom stereocenters. The van der Waals surface area contributed by atoms with Crippen LogP contribution in [0.5, 0.6) is 0 Å². The van der Waals surface area contributed by atoms with Crippen molar-refractivity contribution >= 4 is 11.6 Å². The van der Waals surface area contributed by atoms with Crippen LogP contribution in [0.15, 0.2) is 18.2 Å². The van der Waals surface area contributed by atoms with E-state index in [1.54, 1.807) is 6.07 Å². The zero-order valence-electron chi connectivity index (χ0n) is 10.0. The lowest BCUT2D eigenvalue weighted by atomic mass is 10.1. The van der Waals surface area contributed by atoms with Crippen molar-refractivity contribution in [3.8, 4) is 6.07 Å². The molecule has 2 rings (SSSR count). The van der Waals surface area contributed by atoms with E-state index in [0.29, 0.717) is 12.1 Å². The number of rotatable bonds is 4. The lowest BCUT2D eigenvalue weighted by molar-refractivity contribution is -0.117. The van der Waals surface area contributed by atoms with E-state index in [1.807, 2.05) is 6.92 Å². The molecule has 0 fully saturated rings. The van der Waals surface area contributed by atoms with Crippen LogP contribution in [0.25, 0.3) is 0 Å². The summed E-state index contributed by atoms with van der Waals surface area (Å²) in [6, 6.07) is 5.78. The molecule has 0 aliphatic carbocycles. The van der Waals surface area contributed by atoms with E-state index in [0.717, 1.165) is 12.0 Å². The Labute approximate surface area is 105 Å². The van der Waals surface area contributed by atoms with E-state index in [9.17, 15) is 9.18 Å². The van der Waals surface area contributed by atoms with Gasteiger partial charge in [-0.1, -0.05) is 13.0 Å². The predicted octanol–water partition coefficient (Wildman–Crippen LogP) is 2.10. The van der Waals surface area contributed by atoms with E-state index >= 15 is 0 Å². The number of carbonyl (C=O) groups excluding carboxylic acids is 1. The molecule has 18 heavy (non-hydrogen) atoms. The van der Waals surface area contributed by atoms with Crippen molar-refractivity contribution in [2.24, 2.45) is 0 Å². The predicted molar refractivity (Wildman–Crippen MR) is 65.2 cm³/mol. The van der Waals surface area contributed by atoms with Crippen LogP contribution in [0.4, 0.5) is 10.1 Å². The molecule has 4 nitrogen and oxygen atoms in total. The van der Waals surface area contributed by atoms with Gasteiger partial charge >= 0.3 is 0 Å². The number of nitrogens with one attached hydrogen (secondary N) is 2. The molecule has 94 valence electrons. The average molecular weight is 247 g/mol. The van der Waals surface area contributed by atoms with Crippen LogP contribution in [0, 0.1) is 17.1 Å². The number of halogens is 1. The first-order chi connectivity index (χ1) is 8.65. The van der Waals surface area contributed by atoms with Gasteiger partial charge in [0.05, 0.1) is 12.5 Å². The summed E-state index contributed by atoms with van der Waals surface area (Å²) in [6.45, 7) is 1.95. The molecule has 0 saturated carbocycles. The molecule has 0 saturated heterocycles. The molecule has 2 N–H and O–H groups in total. The average Bonchev–Trinajstić information content (AvgIpc) is 2.64. The van der Waals surface area contributed by atoms with Gasteiger partial charge in [0.25, 0.3) is 0 Å². The maximum atomic E-state index is 13.1. The van der Waals surface area contributed by atoms with Crippen molar-refractivity contribution in [1.82, 2.24) is 5.32 Å². The Morgan fingerprint density at radius 3 is 3.06 bits per heavy atom.